The second-order valence-electron chi connectivity index (χ2n) is 3.93. The van der Waals surface area contributed by atoms with Crippen LogP contribution in [-0.4, -0.2) is 13.0 Å². The molecular formula is C15H15NO2. The first kappa shape index (κ1) is 12.3. The molecule has 0 aromatic heterocycles. The molecule has 2 rings (SSSR count). The highest BCUT2D eigenvalue weighted by Crippen LogP contribution is 2.21. The molecule has 92 valence electrons. The molecule has 2 aromatic rings. The van der Waals surface area contributed by atoms with Crippen molar-refractivity contribution in [2.24, 2.45) is 0 Å². The van der Waals surface area contributed by atoms with Crippen LogP contribution in [0.2, 0.25) is 0 Å². The quantitative estimate of drug-likeness (QED) is 0.772. The summed E-state index contributed by atoms with van der Waals surface area (Å²) in [5.74, 6) is -0.174. The fourth-order valence-corrected chi connectivity index (χ4v) is 1.78. The minimum absolute atomic E-state index is 0.174. The van der Waals surface area contributed by atoms with Crippen molar-refractivity contribution in [3.8, 4) is 0 Å². The van der Waals surface area contributed by atoms with Gasteiger partial charge >= 0.3 is 0 Å². The molecular weight excluding hydrogens is 226 g/mol. The van der Waals surface area contributed by atoms with Gasteiger partial charge in [-0.2, -0.15) is 5.06 Å². The van der Waals surface area contributed by atoms with Gasteiger partial charge in [-0.05, 0) is 30.7 Å². The Bertz CT molecular complexity index is 537. The second kappa shape index (κ2) is 5.47. The predicted molar refractivity (Wildman–Crippen MR) is 71.4 cm³/mol. The monoisotopic (exact) mass is 241 g/mol. The molecule has 1 amide bonds. The van der Waals surface area contributed by atoms with Crippen molar-refractivity contribution in [2.75, 3.05) is 12.2 Å². The van der Waals surface area contributed by atoms with Crippen LogP contribution in [0.5, 0.6) is 0 Å². The number of carbonyl (C=O) groups is 1. The average molecular weight is 241 g/mol. The Hall–Kier alpha value is -2.13. The molecule has 3 nitrogen and oxygen atoms in total. The van der Waals surface area contributed by atoms with Gasteiger partial charge in [0.15, 0.2) is 0 Å². The molecule has 0 aliphatic carbocycles. The second-order valence-corrected chi connectivity index (χ2v) is 3.93. The van der Waals surface area contributed by atoms with Crippen molar-refractivity contribution in [3.63, 3.8) is 0 Å². The highest BCUT2D eigenvalue weighted by molar-refractivity contribution is 6.04. The summed E-state index contributed by atoms with van der Waals surface area (Å²) in [6.07, 6.45) is 0. The summed E-state index contributed by atoms with van der Waals surface area (Å²) in [4.78, 5) is 17.5. The molecule has 0 fully saturated rings. The molecule has 0 spiro atoms. The van der Waals surface area contributed by atoms with Gasteiger partial charge in [0.2, 0.25) is 0 Å². The van der Waals surface area contributed by atoms with Gasteiger partial charge in [-0.3, -0.25) is 9.63 Å². The number of aryl methyl sites for hydroxylation is 1. The van der Waals surface area contributed by atoms with Gasteiger partial charge in [0.25, 0.3) is 5.91 Å². The average Bonchev–Trinajstić information content (AvgIpc) is 2.42. The van der Waals surface area contributed by atoms with E-state index in [4.69, 9.17) is 4.84 Å². The summed E-state index contributed by atoms with van der Waals surface area (Å²) in [7, 11) is 1.49. The molecule has 0 aliphatic heterocycles. The number of benzene rings is 2. The molecule has 0 atom stereocenters. The SMILES string of the molecule is CON(C(=O)c1ccccc1)c1ccccc1C. The van der Waals surface area contributed by atoms with Crippen LogP contribution in [0.4, 0.5) is 5.69 Å². The van der Waals surface area contributed by atoms with E-state index >= 15 is 0 Å². The van der Waals surface area contributed by atoms with Gasteiger partial charge in [-0.1, -0.05) is 36.4 Å². The third kappa shape index (κ3) is 2.41. The summed E-state index contributed by atoms with van der Waals surface area (Å²) in [5.41, 5.74) is 2.35. The number of hydrogen-bond donors (Lipinski definition) is 0. The van der Waals surface area contributed by atoms with Crippen LogP contribution < -0.4 is 5.06 Å². The van der Waals surface area contributed by atoms with Crippen molar-refractivity contribution >= 4 is 11.6 Å². The molecule has 0 unspecified atom stereocenters. The molecule has 0 saturated carbocycles. The zero-order valence-corrected chi connectivity index (χ0v) is 10.5. The molecule has 3 heteroatoms. The Kier molecular flexibility index (Phi) is 3.75. The smallest absolute Gasteiger partial charge is 0.269 e. The lowest BCUT2D eigenvalue weighted by Gasteiger charge is -2.21. The summed E-state index contributed by atoms with van der Waals surface area (Å²) in [5, 5.41) is 1.31. The number of hydroxylamine groups is 1. The van der Waals surface area contributed by atoms with Crippen LogP contribution in [0.25, 0.3) is 0 Å². The number of amides is 1. The maximum absolute atomic E-state index is 12.3. The first-order chi connectivity index (χ1) is 8.74. The normalized spacial score (nSPS) is 10.1. The van der Waals surface area contributed by atoms with Crippen molar-refractivity contribution in [3.05, 3.63) is 65.7 Å². The maximum atomic E-state index is 12.3. The number of nitrogens with zero attached hydrogens (tertiary/aromatic N) is 1. The summed E-state index contributed by atoms with van der Waals surface area (Å²) in [6.45, 7) is 1.94. The predicted octanol–water partition coefficient (Wildman–Crippen LogP) is 3.20. The lowest BCUT2D eigenvalue weighted by Crippen LogP contribution is -2.30. The van der Waals surface area contributed by atoms with Gasteiger partial charge in [0.05, 0.1) is 12.8 Å². The Labute approximate surface area is 107 Å². The van der Waals surface area contributed by atoms with Gasteiger partial charge in [0.1, 0.15) is 0 Å². The van der Waals surface area contributed by atoms with Gasteiger partial charge in [-0.25, -0.2) is 0 Å². The maximum Gasteiger partial charge on any atom is 0.282 e. The molecule has 0 bridgehead atoms. The highest BCUT2D eigenvalue weighted by atomic mass is 16.7. The minimum Gasteiger partial charge on any atom is -0.269 e. The largest absolute Gasteiger partial charge is 0.282 e. The zero-order chi connectivity index (χ0) is 13.0. The van der Waals surface area contributed by atoms with E-state index in [1.165, 1.54) is 12.2 Å². The van der Waals surface area contributed by atoms with Crippen LogP contribution in [0.15, 0.2) is 54.6 Å². The molecule has 2 aromatic carbocycles. The summed E-state index contributed by atoms with van der Waals surface area (Å²) >= 11 is 0. The topological polar surface area (TPSA) is 29.5 Å². The standard InChI is InChI=1S/C15H15NO2/c1-12-8-6-7-11-14(12)16(18-2)15(17)13-9-4-3-5-10-13/h3-11H,1-2H3. The number of para-hydroxylation sites is 1. The van der Waals surface area contributed by atoms with Gasteiger partial charge in [-0.15, -0.1) is 0 Å². The minimum atomic E-state index is -0.174. The first-order valence-electron chi connectivity index (χ1n) is 5.73. The van der Waals surface area contributed by atoms with Crippen LogP contribution in [0.1, 0.15) is 15.9 Å². The van der Waals surface area contributed by atoms with Crippen molar-refractivity contribution in [1.82, 2.24) is 0 Å². The van der Waals surface area contributed by atoms with Crippen molar-refractivity contribution in [1.29, 1.82) is 0 Å². The van der Waals surface area contributed by atoms with Crippen molar-refractivity contribution < 1.29 is 9.63 Å². The lowest BCUT2D eigenvalue weighted by atomic mass is 10.1. The van der Waals surface area contributed by atoms with E-state index < -0.39 is 0 Å². The summed E-state index contributed by atoms with van der Waals surface area (Å²) < 4.78 is 0. The lowest BCUT2D eigenvalue weighted by molar-refractivity contribution is 0.0772. The van der Waals surface area contributed by atoms with Gasteiger partial charge < -0.3 is 0 Å². The van der Waals surface area contributed by atoms with E-state index in [1.54, 1.807) is 12.1 Å². The Morgan fingerprint density at radius 3 is 2.22 bits per heavy atom. The van der Waals surface area contributed by atoms with E-state index in [0.29, 0.717) is 5.56 Å². The number of anilines is 1. The van der Waals surface area contributed by atoms with Crippen LogP contribution in [0, 0.1) is 6.92 Å². The molecule has 0 radical (unpaired) electrons. The zero-order valence-electron chi connectivity index (χ0n) is 10.5. The Balaban J connectivity index is 2.36. The van der Waals surface area contributed by atoms with Gasteiger partial charge in [0, 0.05) is 5.56 Å². The summed E-state index contributed by atoms with van der Waals surface area (Å²) in [6, 6.07) is 16.7. The van der Waals surface area contributed by atoms with Crippen LogP contribution in [-0.2, 0) is 4.84 Å². The van der Waals surface area contributed by atoms with E-state index in [1.807, 2.05) is 49.4 Å². The fraction of sp³-hybridized carbons (Fsp3) is 0.133. The number of hydrogen-bond acceptors (Lipinski definition) is 2. The Morgan fingerprint density at radius 2 is 1.61 bits per heavy atom. The van der Waals surface area contributed by atoms with E-state index in [9.17, 15) is 4.79 Å². The van der Waals surface area contributed by atoms with Crippen LogP contribution in [0.3, 0.4) is 0 Å². The molecule has 0 aliphatic rings. The fourth-order valence-electron chi connectivity index (χ4n) is 1.78. The van der Waals surface area contributed by atoms with E-state index in [0.717, 1.165) is 11.3 Å². The highest BCUT2D eigenvalue weighted by Gasteiger charge is 2.18. The van der Waals surface area contributed by atoms with E-state index in [2.05, 4.69) is 0 Å². The third-order valence-electron chi connectivity index (χ3n) is 2.72. The van der Waals surface area contributed by atoms with Crippen molar-refractivity contribution in [2.45, 2.75) is 6.92 Å². The molecule has 18 heavy (non-hydrogen) atoms. The number of rotatable bonds is 3. The first-order valence-corrected chi connectivity index (χ1v) is 5.73. The van der Waals surface area contributed by atoms with Crippen LogP contribution >= 0.6 is 0 Å². The molecule has 0 heterocycles. The van der Waals surface area contributed by atoms with E-state index in [-0.39, 0.29) is 5.91 Å². The Morgan fingerprint density at radius 1 is 1.00 bits per heavy atom. The molecule has 0 N–H and O–H groups in total. The molecule has 0 saturated heterocycles. The number of carbonyl (C=O) groups excluding carboxylic acids is 1. The third-order valence-corrected chi connectivity index (χ3v) is 2.72.